The zero-order valence-corrected chi connectivity index (χ0v) is 16.6. The number of urea groups is 1. The first-order chi connectivity index (χ1) is 14.0. The maximum absolute atomic E-state index is 13.2. The lowest BCUT2D eigenvalue weighted by atomic mass is 9.89. The first-order valence-electron chi connectivity index (χ1n) is 10.4. The summed E-state index contributed by atoms with van der Waals surface area (Å²) in [6, 6.07) is 11.2. The van der Waals surface area contributed by atoms with Crippen LogP contribution >= 0.6 is 0 Å². The highest BCUT2D eigenvalue weighted by Gasteiger charge is 2.49. The second-order valence-corrected chi connectivity index (χ2v) is 8.54. The lowest BCUT2D eigenvalue weighted by Gasteiger charge is -2.23. The predicted octanol–water partition coefficient (Wildman–Crippen LogP) is 3.31. The molecule has 0 radical (unpaired) electrons. The molecule has 2 aromatic rings. The zero-order chi connectivity index (χ0) is 20.2. The number of imide groups is 1. The number of nitrogens with zero attached hydrogens (tertiary/aromatic N) is 1. The van der Waals surface area contributed by atoms with Gasteiger partial charge in [-0.05, 0) is 79.3 Å². The molecule has 29 heavy (non-hydrogen) atoms. The molecule has 3 aliphatic rings. The van der Waals surface area contributed by atoms with Crippen LogP contribution in [0.15, 0.2) is 36.4 Å². The van der Waals surface area contributed by atoms with Gasteiger partial charge in [0.05, 0.1) is 6.54 Å². The smallest absolute Gasteiger partial charge is 0.319 e. The van der Waals surface area contributed by atoms with Crippen LogP contribution < -0.4 is 5.32 Å². The predicted molar refractivity (Wildman–Crippen MR) is 109 cm³/mol. The van der Waals surface area contributed by atoms with Gasteiger partial charge >= 0.3 is 6.03 Å². The highest BCUT2D eigenvalue weighted by Crippen LogP contribution is 2.33. The van der Waals surface area contributed by atoms with E-state index < -0.39 is 11.6 Å². The molecule has 1 saturated heterocycles. The fourth-order valence-corrected chi connectivity index (χ4v) is 4.90. The minimum absolute atomic E-state index is 0.207. The van der Waals surface area contributed by atoms with E-state index in [9.17, 15) is 14.4 Å². The Kier molecular flexibility index (Phi) is 4.09. The molecule has 0 aromatic heterocycles. The Morgan fingerprint density at radius 2 is 1.55 bits per heavy atom. The highest BCUT2D eigenvalue weighted by atomic mass is 16.2. The van der Waals surface area contributed by atoms with Crippen LogP contribution in [0.5, 0.6) is 0 Å². The van der Waals surface area contributed by atoms with E-state index in [0.29, 0.717) is 5.56 Å². The number of rotatable bonds is 4. The van der Waals surface area contributed by atoms with Crippen molar-refractivity contribution in [3.8, 4) is 0 Å². The first-order valence-corrected chi connectivity index (χ1v) is 10.4. The minimum Gasteiger partial charge on any atom is -0.319 e. The molecular weight excluding hydrogens is 364 g/mol. The average Bonchev–Trinajstić information content (AvgIpc) is 3.42. The number of fused-ring (bicyclic) bond motifs is 2. The van der Waals surface area contributed by atoms with Gasteiger partial charge in [-0.1, -0.05) is 30.3 Å². The molecule has 3 amide bonds. The Morgan fingerprint density at radius 1 is 0.931 bits per heavy atom. The van der Waals surface area contributed by atoms with Crippen molar-refractivity contribution in [2.75, 3.05) is 6.54 Å². The molecule has 2 aliphatic carbocycles. The van der Waals surface area contributed by atoms with Gasteiger partial charge in [-0.15, -0.1) is 0 Å². The van der Waals surface area contributed by atoms with Crippen molar-refractivity contribution in [3.63, 3.8) is 0 Å². The quantitative estimate of drug-likeness (QED) is 0.645. The number of aryl methyl sites for hydroxylation is 4. The molecule has 5 heteroatoms. The Bertz CT molecular complexity index is 1060. The molecule has 1 fully saturated rings. The zero-order valence-electron chi connectivity index (χ0n) is 16.6. The van der Waals surface area contributed by atoms with Crippen LogP contribution in [0.25, 0.3) is 0 Å². The summed E-state index contributed by atoms with van der Waals surface area (Å²) in [4.78, 5) is 39.7. The van der Waals surface area contributed by atoms with Gasteiger partial charge in [0.2, 0.25) is 0 Å². The Balaban J connectivity index is 1.38. The SMILES string of the molecule is CC1(c2ccc3c(c2)CCC3)NC(=O)N(CC(=O)c2ccc3c(c2)CCC3)C1=O. The molecule has 1 heterocycles. The molecule has 1 unspecified atom stereocenters. The second-order valence-electron chi connectivity index (χ2n) is 8.54. The number of carbonyl (C=O) groups is 3. The van der Waals surface area contributed by atoms with E-state index in [1.165, 1.54) is 22.3 Å². The van der Waals surface area contributed by atoms with Crippen LogP contribution in [-0.2, 0) is 36.0 Å². The number of Topliss-reactive ketones (excluding diaryl/α,β-unsaturated/α-hetero) is 1. The van der Waals surface area contributed by atoms with Gasteiger partial charge in [-0.3, -0.25) is 14.5 Å². The summed E-state index contributed by atoms with van der Waals surface area (Å²) in [5.41, 5.74) is 5.28. The third-order valence-corrected chi connectivity index (χ3v) is 6.67. The van der Waals surface area contributed by atoms with E-state index in [-0.39, 0.29) is 18.2 Å². The summed E-state index contributed by atoms with van der Waals surface area (Å²) in [6.45, 7) is 1.49. The van der Waals surface area contributed by atoms with Crippen molar-refractivity contribution in [2.45, 2.75) is 51.0 Å². The van der Waals surface area contributed by atoms with Gasteiger partial charge in [0, 0.05) is 5.56 Å². The van der Waals surface area contributed by atoms with E-state index in [4.69, 9.17) is 0 Å². The summed E-state index contributed by atoms with van der Waals surface area (Å²) in [5, 5.41) is 2.82. The number of carbonyl (C=O) groups excluding carboxylic acids is 3. The van der Waals surface area contributed by atoms with Crippen LogP contribution in [0.4, 0.5) is 4.79 Å². The van der Waals surface area contributed by atoms with Crippen molar-refractivity contribution < 1.29 is 14.4 Å². The number of amides is 3. The summed E-state index contributed by atoms with van der Waals surface area (Å²) >= 11 is 0. The van der Waals surface area contributed by atoms with Gasteiger partial charge in [-0.25, -0.2) is 4.79 Å². The van der Waals surface area contributed by atoms with E-state index in [1.54, 1.807) is 6.92 Å². The molecule has 148 valence electrons. The molecule has 2 aromatic carbocycles. The molecule has 1 aliphatic heterocycles. The van der Waals surface area contributed by atoms with Crippen molar-refractivity contribution >= 4 is 17.7 Å². The van der Waals surface area contributed by atoms with Crippen LogP contribution in [0.3, 0.4) is 0 Å². The first kappa shape index (κ1) is 18.1. The summed E-state index contributed by atoms with van der Waals surface area (Å²) in [7, 11) is 0. The summed E-state index contributed by atoms with van der Waals surface area (Å²) in [5.74, 6) is -0.573. The maximum Gasteiger partial charge on any atom is 0.325 e. The minimum atomic E-state index is -1.13. The molecule has 1 N–H and O–H groups in total. The number of ketones is 1. The maximum atomic E-state index is 13.2. The second kappa shape index (κ2) is 6.55. The van der Waals surface area contributed by atoms with Crippen LogP contribution in [0.2, 0.25) is 0 Å². The van der Waals surface area contributed by atoms with E-state index in [2.05, 4.69) is 11.4 Å². The number of nitrogens with one attached hydrogen (secondary N) is 1. The fraction of sp³-hybridized carbons (Fsp3) is 0.375. The Hall–Kier alpha value is -2.95. The number of benzene rings is 2. The molecule has 5 nitrogen and oxygen atoms in total. The van der Waals surface area contributed by atoms with Crippen LogP contribution in [0, 0.1) is 0 Å². The average molecular weight is 388 g/mol. The molecular formula is C24H24N2O3. The number of hydrogen-bond donors (Lipinski definition) is 1. The lowest BCUT2D eigenvalue weighted by molar-refractivity contribution is -0.130. The third kappa shape index (κ3) is 2.87. The van der Waals surface area contributed by atoms with Gasteiger partial charge in [-0.2, -0.15) is 0 Å². The van der Waals surface area contributed by atoms with Gasteiger partial charge in [0.25, 0.3) is 5.91 Å². The van der Waals surface area contributed by atoms with Gasteiger partial charge < -0.3 is 5.32 Å². The van der Waals surface area contributed by atoms with Crippen molar-refractivity contribution in [1.82, 2.24) is 10.2 Å². The lowest BCUT2D eigenvalue weighted by Crippen LogP contribution is -2.41. The van der Waals surface area contributed by atoms with Crippen LogP contribution in [-0.4, -0.2) is 29.2 Å². The van der Waals surface area contributed by atoms with Gasteiger partial charge in [0.1, 0.15) is 5.54 Å². The van der Waals surface area contributed by atoms with E-state index >= 15 is 0 Å². The Labute approximate surface area is 170 Å². The molecule has 0 spiro atoms. The van der Waals surface area contributed by atoms with E-state index in [0.717, 1.165) is 49.0 Å². The van der Waals surface area contributed by atoms with Gasteiger partial charge in [0.15, 0.2) is 5.78 Å². The standard InChI is InChI=1S/C24H24N2O3/c1-24(20-11-10-16-5-3-7-18(16)13-20)22(28)26(23(29)25-24)14-21(27)19-9-8-15-4-2-6-17(15)12-19/h8-13H,2-7,14H2,1H3,(H,25,29). The van der Waals surface area contributed by atoms with Crippen LogP contribution in [0.1, 0.15) is 57.9 Å². The Morgan fingerprint density at radius 3 is 2.28 bits per heavy atom. The normalized spacial score (nSPS) is 22.6. The molecule has 5 rings (SSSR count). The molecule has 1 atom stereocenters. The number of hydrogen-bond acceptors (Lipinski definition) is 3. The molecule has 0 saturated carbocycles. The summed E-state index contributed by atoms with van der Waals surface area (Å²) in [6.07, 6.45) is 6.33. The molecule has 0 bridgehead atoms. The highest BCUT2D eigenvalue weighted by molar-refractivity contribution is 6.11. The largest absolute Gasteiger partial charge is 0.325 e. The van der Waals surface area contributed by atoms with Crippen molar-refractivity contribution in [3.05, 3.63) is 69.8 Å². The van der Waals surface area contributed by atoms with Crippen molar-refractivity contribution in [2.24, 2.45) is 0 Å². The summed E-state index contributed by atoms with van der Waals surface area (Å²) < 4.78 is 0. The fourth-order valence-electron chi connectivity index (χ4n) is 4.90. The third-order valence-electron chi connectivity index (χ3n) is 6.67. The topological polar surface area (TPSA) is 66.5 Å². The van der Waals surface area contributed by atoms with E-state index in [1.807, 2.05) is 30.3 Å². The monoisotopic (exact) mass is 388 g/mol. The van der Waals surface area contributed by atoms with Crippen molar-refractivity contribution in [1.29, 1.82) is 0 Å².